The first-order valence-electron chi connectivity index (χ1n) is 7.41. The zero-order valence-corrected chi connectivity index (χ0v) is 12.2. The maximum absolute atomic E-state index is 12.4. The zero-order chi connectivity index (χ0) is 14.8. The normalized spacial score (nSPS) is 29.2. The Hall–Kier alpha value is -1.30. The van der Waals surface area contributed by atoms with Crippen LogP contribution in [0.4, 0.5) is 4.79 Å². The molecule has 3 unspecified atom stereocenters. The highest BCUT2D eigenvalue weighted by molar-refractivity contribution is 5.86. The van der Waals surface area contributed by atoms with Gasteiger partial charge in [-0.25, -0.2) is 9.59 Å². The molecule has 0 bridgehead atoms. The first-order chi connectivity index (χ1) is 9.48. The maximum atomic E-state index is 12.4. The van der Waals surface area contributed by atoms with E-state index in [0.29, 0.717) is 19.6 Å². The lowest BCUT2D eigenvalue weighted by Gasteiger charge is -2.44. The Kier molecular flexibility index (Phi) is 4.52. The Balaban J connectivity index is 2.05. The van der Waals surface area contributed by atoms with Gasteiger partial charge < -0.3 is 20.1 Å². The first kappa shape index (κ1) is 15.1. The van der Waals surface area contributed by atoms with E-state index in [-0.39, 0.29) is 18.2 Å². The van der Waals surface area contributed by atoms with Gasteiger partial charge in [0.25, 0.3) is 0 Å². The van der Waals surface area contributed by atoms with Crippen LogP contribution in [0.25, 0.3) is 0 Å². The quantitative estimate of drug-likeness (QED) is 0.825. The average Bonchev–Trinajstić information content (AvgIpc) is 2.46. The van der Waals surface area contributed by atoms with Gasteiger partial charge >= 0.3 is 12.0 Å². The molecule has 2 rings (SSSR count). The Morgan fingerprint density at radius 2 is 2.10 bits per heavy atom. The van der Waals surface area contributed by atoms with Crippen molar-refractivity contribution >= 4 is 12.0 Å². The van der Waals surface area contributed by atoms with Crippen molar-refractivity contribution in [3.8, 4) is 0 Å². The summed E-state index contributed by atoms with van der Waals surface area (Å²) < 4.78 is 5.73. The minimum Gasteiger partial charge on any atom is -0.480 e. The van der Waals surface area contributed by atoms with Crippen molar-refractivity contribution in [1.82, 2.24) is 10.2 Å². The fraction of sp³-hybridized carbons (Fsp3) is 0.857. The molecule has 1 aliphatic heterocycles. The summed E-state index contributed by atoms with van der Waals surface area (Å²) in [6.07, 6.45) is 4.62. The molecule has 0 spiro atoms. The predicted molar refractivity (Wildman–Crippen MR) is 73.6 cm³/mol. The second-order valence-electron chi connectivity index (χ2n) is 5.88. The fourth-order valence-electron chi connectivity index (χ4n) is 2.95. The van der Waals surface area contributed by atoms with E-state index in [1.807, 2.05) is 0 Å². The van der Waals surface area contributed by atoms with Gasteiger partial charge in [-0.15, -0.1) is 0 Å². The van der Waals surface area contributed by atoms with E-state index in [1.54, 1.807) is 18.7 Å². The minimum absolute atomic E-state index is 0.0902. The van der Waals surface area contributed by atoms with Crippen molar-refractivity contribution in [2.45, 2.75) is 63.6 Å². The molecular formula is C14H24N2O4. The second-order valence-corrected chi connectivity index (χ2v) is 5.88. The van der Waals surface area contributed by atoms with Crippen LogP contribution in [0.2, 0.25) is 0 Å². The van der Waals surface area contributed by atoms with Crippen LogP contribution < -0.4 is 5.32 Å². The summed E-state index contributed by atoms with van der Waals surface area (Å²) >= 11 is 0. The molecule has 3 atom stereocenters. The molecule has 1 aliphatic carbocycles. The number of carbonyl (C=O) groups is 2. The van der Waals surface area contributed by atoms with Gasteiger partial charge in [0.15, 0.2) is 0 Å². The summed E-state index contributed by atoms with van der Waals surface area (Å²) in [6, 6.07) is -0.190. The van der Waals surface area contributed by atoms with E-state index >= 15 is 0 Å². The molecule has 0 aromatic heterocycles. The van der Waals surface area contributed by atoms with Crippen LogP contribution in [-0.4, -0.2) is 52.8 Å². The van der Waals surface area contributed by atoms with Crippen LogP contribution >= 0.6 is 0 Å². The van der Waals surface area contributed by atoms with E-state index in [9.17, 15) is 14.7 Å². The van der Waals surface area contributed by atoms with Crippen molar-refractivity contribution in [3.05, 3.63) is 0 Å². The number of nitrogens with zero attached hydrogens (tertiary/aromatic N) is 1. The summed E-state index contributed by atoms with van der Waals surface area (Å²) in [5, 5.41) is 11.9. The molecular weight excluding hydrogens is 260 g/mol. The third kappa shape index (κ3) is 2.90. The molecule has 2 fully saturated rings. The molecule has 2 amide bonds. The molecule has 2 N–H and O–H groups in total. The van der Waals surface area contributed by atoms with Crippen molar-refractivity contribution in [1.29, 1.82) is 0 Å². The van der Waals surface area contributed by atoms with E-state index < -0.39 is 11.5 Å². The van der Waals surface area contributed by atoms with Crippen molar-refractivity contribution in [2.24, 2.45) is 0 Å². The Labute approximate surface area is 119 Å². The number of hydrogen-bond acceptors (Lipinski definition) is 3. The molecule has 1 saturated heterocycles. The smallest absolute Gasteiger partial charge is 0.329 e. The van der Waals surface area contributed by atoms with Crippen LogP contribution in [0.1, 0.15) is 46.0 Å². The van der Waals surface area contributed by atoms with E-state index in [4.69, 9.17) is 4.74 Å². The number of morpholine rings is 1. The monoisotopic (exact) mass is 284 g/mol. The van der Waals surface area contributed by atoms with Crippen LogP contribution in [0, 0.1) is 0 Å². The minimum atomic E-state index is -1.21. The van der Waals surface area contributed by atoms with Gasteiger partial charge in [-0.2, -0.15) is 0 Å². The molecule has 6 heteroatoms. The summed E-state index contributed by atoms with van der Waals surface area (Å²) in [5.74, 6) is -0.998. The van der Waals surface area contributed by atoms with Crippen molar-refractivity contribution < 1.29 is 19.4 Å². The molecule has 1 saturated carbocycles. The summed E-state index contributed by atoms with van der Waals surface area (Å²) in [6.45, 7) is 4.38. The lowest BCUT2D eigenvalue weighted by atomic mass is 9.90. The largest absolute Gasteiger partial charge is 0.480 e. The van der Waals surface area contributed by atoms with Crippen LogP contribution in [-0.2, 0) is 9.53 Å². The Morgan fingerprint density at radius 1 is 1.40 bits per heavy atom. The third-order valence-corrected chi connectivity index (χ3v) is 4.55. The van der Waals surface area contributed by atoms with Crippen molar-refractivity contribution in [2.75, 3.05) is 13.2 Å². The van der Waals surface area contributed by atoms with Gasteiger partial charge in [0, 0.05) is 6.54 Å². The van der Waals surface area contributed by atoms with Crippen LogP contribution in [0.3, 0.4) is 0 Å². The second kappa shape index (κ2) is 5.99. The number of amides is 2. The Bertz CT molecular complexity index is 385. The highest BCUT2D eigenvalue weighted by Gasteiger charge is 2.40. The standard InChI is InChI=1S/C14H24N2O4/c1-3-14(2,12(17)18)15-13(19)16-8-9-20-11-7-5-4-6-10(11)16/h10-11H,3-9H2,1-2H3,(H,15,19)(H,17,18). The highest BCUT2D eigenvalue weighted by atomic mass is 16.5. The van der Waals surface area contributed by atoms with Gasteiger partial charge in [0.05, 0.1) is 18.8 Å². The number of ether oxygens (including phenoxy) is 1. The molecule has 6 nitrogen and oxygen atoms in total. The zero-order valence-electron chi connectivity index (χ0n) is 12.2. The van der Waals surface area contributed by atoms with E-state index in [1.165, 1.54) is 0 Å². The van der Waals surface area contributed by atoms with E-state index in [0.717, 1.165) is 25.7 Å². The van der Waals surface area contributed by atoms with Gasteiger partial charge in [0.2, 0.25) is 0 Å². The maximum Gasteiger partial charge on any atom is 0.329 e. The number of hydrogen-bond donors (Lipinski definition) is 2. The summed E-state index contributed by atoms with van der Waals surface area (Å²) in [7, 11) is 0. The summed E-state index contributed by atoms with van der Waals surface area (Å²) in [5.41, 5.74) is -1.21. The number of fused-ring (bicyclic) bond motifs is 1. The number of carbonyl (C=O) groups excluding carboxylic acids is 1. The number of nitrogens with one attached hydrogen (secondary N) is 1. The van der Waals surface area contributed by atoms with Gasteiger partial charge in [-0.05, 0) is 26.2 Å². The number of urea groups is 1. The van der Waals surface area contributed by atoms with Gasteiger partial charge in [-0.3, -0.25) is 0 Å². The number of carboxylic acids is 1. The van der Waals surface area contributed by atoms with Gasteiger partial charge in [0.1, 0.15) is 5.54 Å². The average molecular weight is 284 g/mol. The lowest BCUT2D eigenvalue weighted by Crippen LogP contribution is -2.62. The third-order valence-electron chi connectivity index (χ3n) is 4.55. The number of aliphatic carboxylic acids is 1. The van der Waals surface area contributed by atoms with Crippen LogP contribution in [0.15, 0.2) is 0 Å². The molecule has 20 heavy (non-hydrogen) atoms. The number of rotatable bonds is 3. The fourth-order valence-corrected chi connectivity index (χ4v) is 2.95. The molecule has 2 aliphatic rings. The summed E-state index contributed by atoms with van der Waals surface area (Å²) in [4.78, 5) is 25.5. The number of carboxylic acid groups (broad SMARTS) is 1. The predicted octanol–water partition coefficient (Wildman–Crippen LogP) is 1.59. The van der Waals surface area contributed by atoms with Crippen molar-refractivity contribution in [3.63, 3.8) is 0 Å². The Morgan fingerprint density at radius 3 is 2.75 bits per heavy atom. The highest BCUT2D eigenvalue weighted by Crippen LogP contribution is 2.28. The molecule has 1 heterocycles. The van der Waals surface area contributed by atoms with Gasteiger partial charge in [-0.1, -0.05) is 19.8 Å². The molecule has 114 valence electrons. The molecule has 0 aromatic carbocycles. The lowest BCUT2D eigenvalue weighted by molar-refractivity contribution is -0.144. The van der Waals surface area contributed by atoms with Crippen LogP contribution in [0.5, 0.6) is 0 Å². The molecule has 0 aromatic rings. The molecule has 0 radical (unpaired) electrons. The van der Waals surface area contributed by atoms with E-state index in [2.05, 4.69) is 5.32 Å². The topological polar surface area (TPSA) is 78.9 Å². The first-order valence-corrected chi connectivity index (χ1v) is 7.41. The SMILES string of the molecule is CCC(C)(NC(=O)N1CCOC2CCCCC21)C(=O)O.